The molecule has 1 aromatic heterocycles. The molecule has 0 bridgehead atoms. The van der Waals surface area contributed by atoms with E-state index < -0.39 is 10.8 Å². The minimum absolute atomic E-state index is 0.0474. The number of pyridine rings is 1. The highest BCUT2D eigenvalue weighted by Crippen LogP contribution is 2.19. The number of nitro groups is 1. The summed E-state index contributed by atoms with van der Waals surface area (Å²) in [5, 5.41) is 13.6. The zero-order chi connectivity index (χ0) is 14.7. The van der Waals surface area contributed by atoms with Crippen molar-refractivity contribution in [2.24, 2.45) is 5.92 Å². The summed E-state index contributed by atoms with van der Waals surface area (Å²) in [5.74, 6) is -0.0242. The molecule has 8 nitrogen and oxygen atoms in total. The number of carbonyl (C=O) groups excluding carboxylic acids is 1. The van der Waals surface area contributed by atoms with E-state index in [1.807, 2.05) is 7.05 Å². The lowest BCUT2D eigenvalue weighted by Gasteiger charge is -2.11. The number of nitrogens with zero attached hydrogens (tertiary/aromatic N) is 3. The summed E-state index contributed by atoms with van der Waals surface area (Å²) in [4.78, 5) is 28.1. The van der Waals surface area contributed by atoms with Crippen LogP contribution >= 0.6 is 0 Å². The number of nitrogen functional groups attached to an aromatic ring is 1. The van der Waals surface area contributed by atoms with Gasteiger partial charge in [-0.1, -0.05) is 0 Å². The highest BCUT2D eigenvalue weighted by atomic mass is 16.6. The molecule has 20 heavy (non-hydrogen) atoms. The number of nitrogens with two attached hydrogens (primary N) is 1. The van der Waals surface area contributed by atoms with Gasteiger partial charge >= 0.3 is 0 Å². The Morgan fingerprint density at radius 1 is 1.70 bits per heavy atom. The minimum atomic E-state index is -0.634. The average molecular weight is 279 g/mol. The highest BCUT2D eigenvalue weighted by molar-refractivity contribution is 5.98. The van der Waals surface area contributed by atoms with Gasteiger partial charge < -0.3 is 16.0 Å². The molecule has 1 amide bonds. The van der Waals surface area contributed by atoms with E-state index in [9.17, 15) is 14.9 Å². The first-order valence-corrected chi connectivity index (χ1v) is 6.34. The molecule has 1 aromatic rings. The minimum Gasteiger partial charge on any atom is -0.384 e. The van der Waals surface area contributed by atoms with Crippen molar-refractivity contribution in [3.05, 3.63) is 27.9 Å². The van der Waals surface area contributed by atoms with E-state index in [0.29, 0.717) is 12.5 Å². The van der Waals surface area contributed by atoms with Crippen LogP contribution in [0, 0.1) is 16.0 Å². The van der Waals surface area contributed by atoms with Gasteiger partial charge in [0.05, 0.1) is 4.92 Å². The zero-order valence-electron chi connectivity index (χ0n) is 11.2. The molecule has 2 rings (SSSR count). The zero-order valence-corrected chi connectivity index (χ0v) is 11.2. The monoisotopic (exact) mass is 279 g/mol. The van der Waals surface area contributed by atoms with Crippen molar-refractivity contribution in [1.82, 2.24) is 15.2 Å². The van der Waals surface area contributed by atoms with Crippen molar-refractivity contribution in [3.8, 4) is 0 Å². The summed E-state index contributed by atoms with van der Waals surface area (Å²) in [7, 11) is 2.02. The Labute approximate surface area is 116 Å². The fourth-order valence-corrected chi connectivity index (χ4v) is 2.32. The number of rotatable bonds is 4. The van der Waals surface area contributed by atoms with Gasteiger partial charge in [0.25, 0.3) is 11.6 Å². The van der Waals surface area contributed by atoms with Crippen molar-refractivity contribution >= 4 is 17.4 Å². The molecule has 108 valence electrons. The number of hydrogen-bond donors (Lipinski definition) is 2. The molecular weight excluding hydrogens is 262 g/mol. The molecule has 0 spiro atoms. The molecule has 1 aliphatic heterocycles. The third-order valence-electron chi connectivity index (χ3n) is 3.39. The van der Waals surface area contributed by atoms with E-state index >= 15 is 0 Å². The predicted molar refractivity (Wildman–Crippen MR) is 73.2 cm³/mol. The van der Waals surface area contributed by atoms with E-state index in [2.05, 4.69) is 15.2 Å². The molecule has 3 N–H and O–H groups in total. The average Bonchev–Trinajstić information content (AvgIpc) is 2.81. The first-order chi connectivity index (χ1) is 9.47. The quantitative estimate of drug-likeness (QED) is 0.603. The summed E-state index contributed by atoms with van der Waals surface area (Å²) in [6, 6.07) is 1.23. The second kappa shape index (κ2) is 5.83. The molecule has 1 fully saturated rings. The molecule has 0 aliphatic carbocycles. The maximum absolute atomic E-state index is 12.0. The fourth-order valence-electron chi connectivity index (χ4n) is 2.32. The van der Waals surface area contributed by atoms with Crippen molar-refractivity contribution in [1.29, 1.82) is 0 Å². The Balaban J connectivity index is 2.05. The van der Waals surface area contributed by atoms with Crippen molar-refractivity contribution in [3.63, 3.8) is 0 Å². The third kappa shape index (κ3) is 3.21. The van der Waals surface area contributed by atoms with Crippen LogP contribution < -0.4 is 11.1 Å². The van der Waals surface area contributed by atoms with Gasteiger partial charge in [-0.05, 0) is 32.0 Å². The van der Waals surface area contributed by atoms with Gasteiger partial charge in [-0.2, -0.15) is 0 Å². The van der Waals surface area contributed by atoms with Crippen molar-refractivity contribution in [2.75, 3.05) is 32.4 Å². The van der Waals surface area contributed by atoms with Gasteiger partial charge in [0.2, 0.25) is 0 Å². The van der Waals surface area contributed by atoms with Crippen LogP contribution in [0.4, 0.5) is 11.5 Å². The molecule has 1 atom stereocenters. The van der Waals surface area contributed by atoms with Gasteiger partial charge in [0, 0.05) is 13.1 Å². The lowest BCUT2D eigenvalue weighted by molar-refractivity contribution is -0.385. The van der Waals surface area contributed by atoms with Crippen LogP contribution in [0.3, 0.4) is 0 Å². The largest absolute Gasteiger partial charge is 0.384 e. The number of hydrogen-bond acceptors (Lipinski definition) is 6. The van der Waals surface area contributed by atoms with Gasteiger partial charge in [0.15, 0.2) is 0 Å². The van der Waals surface area contributed by atoms with E-state index in [1.54, 1.807) is 0 Å². The maximum Gasteiger partial charge on any atom is 0.300 e. The van der Waals surface area contributed by atoms with Crippen LogP contribution in [-0.2, 0) is 0 Å². The topological polar surface area (TPSA) is 114 Å². The van der Waals surface area contributed by atoms with Crippen LogP contribution in [0.25, 0.3) is 0 Å². The smallest absolute Gasteiger partial charge is 0.300 e. The SMILES string of the molecule is CN1CCC(CNC(=O)c2cc(N)ncc2[N+](=O)[O-])C1. The molecule has 1 saturated heterocycles. The molecule has 8 heteroatoms. The third-order valence-corrected chi connectivity index (χ3v) is 3.39. The molecule has 2 heterocycles. The molecule has 0 radical (unpaired) electrons. The number of anilines is 1. The second-order valence-electron chi connectivity index (χ2n) is 5.01. The summed E-state index contributed by atoms with van der Waals surface area (Å²) in [5.41, 5.74) is 5.10. The number of aromatic nitrogens is 1. The number of nitrogens with one attached hydrogen (secondary N) is 1. The summed E-state index contributed by atoms with van der Waals surface area (Å²) < 4.78 is 0. The lowest BCUT2D eigenvalue weighted by atomic mass is 10.1. The van der Waals surface area contributed by atoms with E-state index in [1.165, 1.54) is 6.07 Å². The molecule has 0 saturated carbocycles. The molecule has 0 aromatic carbocycles. The fraction of sp³-hybridized carbons (Fsp3) is 0.500. The van der Waals surface area contributed by atoms with E-state index in [4.69, 9.17) is 5.73 Å². The maximum atomic E-state index is 12.0. The number of carbonyl (C=O) groups is 1. The van der Waals surface area contributed by atoms with E-state index in [-0.39, 0.29) is 17.1 Å². The van der Waals surface area contributed by atoms with Crippen molar-refractivity contribution in [2.45, 2.75) is 6.42 Å². The Kier molecular flexibility index (Phi) is 4.14. The molecule has 1 aliphatic rings. The van der Waals surface area contributed by atoms with Gasteiger partial charge in [0.1, 0.15) is 17.6 Å². The second-order valence-corrected chi connectivity index (χ2v) is 5.01. The van der Waals surface area contributed by atoms with Crippen molar-refractivity contribution < 1.29 is 9.72 Å². The van der Waals surface area contributed by atoms with Crippen LogP contribution in [0.5, 0.6) is 0 Å². The Morgan fingerprint density at radius 3 is 3.05 bits per heavy atom. The summed E-state index contributed by atoms with van der Waals surface area (Å²) >= 11 is 0. The molecular formula is C12H17N5O3. The first-order valence-electron chi connectivity index (χ1n) is 6.34. The van der Waals surface area contributed by atoms with Crippen LogP contribution in [-0.4, -0.2) is 47.4 Å². The highest BCUT2D eigenvalue weighted by Gasteiger charge is 2.24. The Hall–Kier alpha value is -2.22. The van der Waals surface area contributed by atoms with Crippen LogP contribution in [0.15, 0.2) is 12.3 Å². The standard InChI is InChI=1S/C12H17N5O3/c1-16-3-2-8(7-16)5-15-12(18)9-4-11(13)14-6-10(9)17(19)20/h4,6,8H,2-3,5,7H2,1H3,(H2,13,14)(H,15,18). The van der Waals surface area contributed by atoms with Crippen LogP contribution in [0.2, 0.25) is 0 Å². The van der Waals surface area contributed by atoms with Gasteiger partial charge in [-0.15, -0.1) is 0 Å². The molecule has 1 unspecified atom stereocenters. The Bertz CT molecular complexity index is 534. The lowest BCUT2D eigenvalue weighted by Crippen LogP contribution is -2.31. The summed E-state index contributed by atoms with van der Waals surface area (Å²) in [6.07, 6.45) is 2.02. The summed E-state index contributed by atoms with van der Waals surface area (Å²) in [6.45, 7) is 2.42. The van der Waals surface area contributed by atoms with Gasteiger partial charge in [-0.25, -0.2) is 4.98 Å². The first kappa shape index (κ1) is 14.2. The predicted octanol–water partition coefficient (Wildman–Crippen LogP) is 0.254. The van der Waals surface area contributed by atoms with Gasteiger partial charge in [-0.3, -0.25) is 14.9 Å². The number of likely N-dealkylation sites (tertiary alicyclic amines) is 1. The van der Waals surface area contributed by atoms with Crippen LogP contribution in [0.1, 0.15) is 16.8 Å². The number of amides is 1. The van der Waals surface area contributed by atoms with E-state index in [0.717, 1.165) is 25.7 Å². The normalized spacial score (nSPS) is 18.9. The Morgan fingerprint density at radius 2 is 2.45 bits per heavy atom.